The van der Waals surface area contributed by atoms with E-state index in [2.05, 4.69) is 0 Å². The minimum absolute atomic E-state index is 0.00380. The number of aliphatic hydroxyl groups is 1. The molecule has 1 heterocycles. The molecule has 0 aliphatic rings. The molecule has 3 rings (SSSR count). The van der Waals surface area contributed by atoms with E-state index in [9.17, 15) is 15.0 Å². The molecule has 7 heteroatoms. The van der Waals surface area contributed by atoms with E-state index in [1.807, 2.05) is 30.3 Å². The maximum atomic E-state index is 11.6. The van der Waals surface area contributed by atoms with E-state index in [0.29, 0.717) is 28.4 Å². The molecular formula is C21H20O6S. The number of carboxylic acid groups (broad SMARTS) is 1. The molecule has 3 N–H and O–H groups in total. The van der Waals surface area contributed by atoms with E-state index >= 15 is 0 Å². The Bertz CT molecular complexity index is 965. The van der Waals surface area contributed by atoms with Crippen LogP contribution in [0.3, 0.4) is 0 Å². The summed E-state index contributed by atoms with van der Waals surface area (Å²) < 4.78 is 11.2. The van der Waals surface area contributed by atoms with E-state index in [1.54, 1.807) is 19.1 Å². The lowest BCUT2D eigenvalue weighted by atomic mass is 10.1. The maximum Gasteiger partial charge on any atom is 0.349 e. The summed E-state index contributed by atoms with van der Waals surface area (Å²) in [5.41, 5.74) is 2.34. The summed E-state index contributed by atoms with van der Waals surface area (Å²) in [6.45, 7) is 1.87. The molecule has 0 aliphatic heterocycles. The van der Waals surface area contributed by atoms with Crippen molar-refractivity contribution in [3.63, 3.8) is 0 Å². The number of rotatable bonds is 8. The van der Waals surface area contributed by atoms with Crippen molar-refractivity contribution in [2.45, 2.75) is 13.5 Å². The van der Waals surface area contributed by atoms with Crippen LogP contribution in [0.4, 0.5) is 0 Å². The van der Waals surface area contributed by atoms with E-state index in [4.69, 9.17) is 14.6 Å². The van der Waals surface area contributed by atoms with Gasteiger partial charge in [0, 0.05) is 10.4 Å². The number of thiophene rings is 1. The average molecular weight is 400 g/mol. The van der Waals surface area contributed by atoms with Crippen molar-refractivity contribution in [2.24, 2.45) is 0 Å². The van der Waals surface area contributed by atoms with Crippen molar-refractivity contribution in [1.82, 2.24) is 0 Å². The first-order valence-corrected chi connectivity index (χ1v) is 9.43. The highest BCUT2D eigenvalue weighted by molar-refractivity contribution is 7.18. The van der Waals surface area contributed by atoms with Gasteiger partial charge in [-0.05, 0) is 36.2 Å². The van der Waals surface area contributed by atoms with Gasteiger partial charge in [0.25, 0.3) is 0 Å². The van der Waals surface area contributed by atoms with Crippen molar-refractivity contribution in [3.05, 3.63) is 64.5 Å². The predicted octanol–water partition coefficient (Wildman–Crippen LogP) is 4.08. The van der Waals surface area contributed by atoms with Crippen LogP contribution in [0.2, 0.25) is 0 Å². The number of aromatic hydroxyl groups is 1. The summed E-state index contributed by atoms with van der Waals surface area (Å²) in [4.78, 5) is 12.3. The van der Waals surface area contributed by atoms with Crippen molar-refractivity contribution >= 4 is 17.3 Å². The van der Waals surface area contributed by atoms with Crippen molar-refractivity contribution in [1.29, 1.82) is 0 Å². The molecule has 0 amide bonds. The number of benzene rings is 2. The molecule has 0 bridgehead atoms. The van der Waals surface area contributed by atoms with Crippen molar-refractivity contribution in [3.8, 4) is 27.7 Å². The van der Waals surface area contributed by atoms with Crippen LogP contribution < -0.4 is 9.47 Å². The second-order valence-electron chi connectivity index (χ2n) is 6.05. The first-order chi connectivity index (χ1) is 13.5. The molecule has 0 aliphatic carbocycles. The van der Waals surface area contributed by atoms with E-state index in [-0.39, 0.29) is 29.6 Å². The molecule has 2 aromatic carbocycles. The fraction of sp³-hybridized carbons (Fsp3) is 0.190. The van der Waals surface area contributed by atoms with Gasteiger partial charge in [0.15, 0.2) is 16.4 Å². The van der Waals surface area contributed by atoms with Gasteiger partial charge in [0.05, 0.1) is 6.61 Å². The van der Waals surface area contributed by atoms with Crippen LogP contribution in [0.1, 0.15) is 20.8 Å². The summed E-state index contributed by atoms with van der Waals surface area (Å²) >= 11 is 1.08. The van der Waals surface area contributed by atoms with E-state index in [0.717, 1.165) is 16.9 Å². The van der Waals surface area contributed by atoms with E-state index < -0.39 is 5.97 Å². The molecule has 28 heavy (non-hydrogen) atoms. The van der Waals surface area contributed by atoms with E-state index in [1.165, 1.54) is 6.07 Å². The normalized spacial score (nSPS) is 10.6. The Morgan fingerprint density at radius 2 is 1.86 bits per heavy atom. The predicted molar refractivity (Wildman–Crippen MR) is 106 cm³/mol. The lowest BCUT2D eigenvalue weighted by Crippen LogP contribution is -2.05. The fourth-order valence-electron chi connectivity index (χ4n) is 2.74. The lowest BCUT2D eigenvalue weighted by molar-refractivity contribution is 0.0696. The molecule has 1 aromatic heterocycles. The summed E-state index contributed by atoms with van der Waals surface area (Å²) in [5.74, 6) is -0.527. The Labute approximate surface area is 166 Å². The minimum atomic E-state index is -1.09. The summed E-state index contributed by atoms with van der Waals surface area (Å²) in [7, 11) is 0. The molecule has 0 unspecified atom stereocenters. The van der Waals surface area contributed by atoms with Crippen molar-refractivity contribution in [2.75, 3.05) is 13.2 Å². The smallest absolute Gasteiger partial charge is 0.349 e. The van der Waals surface area contributed by atoms with Crippen LogP contribution in [0.25, 0.3) is 10.4 Å². The number of aromatic carboxylic acids is 1. The van der Waals surface area contributed by atoms with Crippen LogP contribution in [0.15, 0.2) is 48.5 Å². The molecule has 0 radical (unpaired) electrons. The highest BCUT2D eigenvalue weighted by Crippen LogP contribution is 2.43. The molecule has 6 nitrogen and oxygen atoms in total. The van der Waals surface area contributed by atoms with Gasteiger partial charge in [-0.1, -0.05) is 30.3 Å². The van der Waals surface area contributed by atoms with Gasteiger partial charge in [0.2, 0.25) is 0 Å². The number of carboxylic acids is 1. The highest BCUT2D eigenvalue weighted by atomic mass is 32.1. The quantitative estimate of drug-likeness (QED) is 0.527. The molecule has 146 valence electrons. The average Bonchev–Trinajstić information content (AvgIpc) is 3.03. The zero-order chi connectivity index (χ0) is 20.1. The molecular weight excluding hydrogens is 380 g/mol. The Balaban J connectivity index is 1.92. The SMILES string of the molecule is Cc1c(-c2ccc(O)c(OCc3ccccc3)c2)sc(C(=O)O)c1OCCO. The summed E-state index contributed by atoms with van der Waals surface area (Å²) in [6.07, 6.45) is 0. The Kier molecular flexibility index (Phi) is 6.18. The molecule has 0 saturated heterocycles. The first-order valence-electron chi connectivity index (χ1n) is 8.61. The zero-order valence-electron chi connectivity index (χ0n) is 15.2. The number of aliphatic hydroxyl groups excluding tert-OH is 1. The summed E-state index contributed by atoms with van der Waals surface area (Å²) in [5, 5.41) is 28.6. The van der Waals surface area contributed by atoms with Crippen LogP contribution in [-0.2, 0) is 6.61 Å². The standard InChI is InChI=1S/C21H20O6S/c1-13-18(26-10-9-22)20(21(24)25)28-19(13)15-7-8-16(23)17(11-15)27-12-14-5-3-2-4-6-14/h2-8,11,22-23H,9-10,12H2,1H3,(H,24,25). The lowest BCUT2D eigenvalue weighted by Gasteiger charge is -2.10. The van der Waals surface area contributed by atoms with Gasteiger partial charge < -0.3 is 24.8 Å². The van der Waals surface area contributed by atoms with Crippen molar-refractivity contribution < 1.29 is 29.6 Å². The maximum absolute atomic E-state index is 11.6. The largest absolute Gasteiger partial charge is 0.504 e. The van der Waals surface area contributed by atoms with Crippen LogP contribution in [0.5, 0.6) is 17.2 Å². The van der Waals surface area contributed by atoms with Crippen LogP contribution in [-0.4, -0.2) is 34.5 Å². The molecule has 3 aromatic rings. The molecule has 0 atom stereocenters. The fourth-order valence-corrected chi connectivity index (χ4v) is 3.83. The number of hydrogen-bond acceptors (Lipinski definition) is 6. The second-order valence-corrected chi connectivity index (χ2v) is 7.07. The number of phenols is 1. The number of ether oxygens (including phenoxy) is 2. The first kappa shape index (κ1) is 19.7. The third-order valence-electron chi connectivity index (χ3n) is 4.08. The third-order valence-corrected chi connectivity index (χ3v) is 5.39. The van der Waals surface area contributed by atoms with Crippen LogP contribution >= 0.6 is 11.3 Å². The Morgan fingerprint density at radius 1 is 1.11 bits per heavy atom. The Morgan fingerprint density at radius 3 is 2.54 bits per heavy atom. The van der Waals surface area contributed by atoms with Gasteiger partial charge >= 0.3 is 5.97 Å². The second kappa shape index (κ2) is 8.77. The van der Waals surface area contributed by atoms with Gasteiger partial charge in [0.1, 0.15) is 19.0 Å². The zero-order valence-corrected chi connectivity index (χ0v) is 16.0. The van der Waals surface area contributed by atoms with Gasteiger partial charge in [-0.2, -0.15) is 0 Å². The number of hydrogen-bond donors (Lipinski definition) is 3. The number of carbonyl (C=O) groups is 1. The van der Waals surface area contributed by atoms with Gasteiger partial charge in [-0.25, -0.2) is 4.79 Å². The highest BCUT2D eigenvalue weighted by Gasteiger charge is 2.23. The monoisotopic (exact) mass is 400 g/mol. The summed E-state index contributed by atoms with van der Waals surface area (Å²) in [6, 6.07) is 14.5. The number of phenolic OH excluding ortho intramolecular Hbond substituents is 1. The Hall–Kier alpha value is -3.03. The molecule has 0 saturated carbocycles. The topological polar surface area (TPSA) is 96.2 Å². The van der Waals surface area contributed by atoms with Gasteiger partial charge in [-0.3, -0.25) is 0 Å². The molecule has 0 fully saturated rings. The minimum Gasteiger partial charge on any atom is -0.504 e. The third kappa shape index (κ3) is 4.27. The van der Waals surface area contributed by atoms with Crippen LogP contribution in [0, 0.1) is 6.92 Å². The van der Waals surface area contributed by atoms with Gasteiger partial charge in [-0.15, -0.1) is 11.3 Å². The molecule has 0 spiro atoms.